The fraction of sp³-hybridized carbons (Fsp3) is 0.429. The highest BCUT2D eigenvalue weighted by molar-refractivity contribution is 7.24. The Balaban J connectivity index is 1.83. The van der Waals surface area contributed by atoms with Crippen LogP contribution in [0, 0.1) is 12.8 Å². The van der Waals surface area contributed by atoms with Crippen LogP contribution in [-0.4, -0.2) is 35.4 Å². The number of likely N-dealkylation sites (tertiary alicyclic amines) is 1. The average molecular weight is 342 g/mol. The highest BCUT2D eigenvalue weighted by atomic mass is 35.5. The molecule has 21 heavy (non-hydrogen) atoms. The van der Waals surface area contributed by atoms with Gasteiger partial charge in [0.2, 0.25) is 0 Å². The highest BCUT2D eigenvalue weighted by Gasteiger charge is 2.28. The Hall–Kier alpha value is -0.950. The first-order valence-corrected chi connectivity index (χ1v) is 8.82. The van der Waals surface area contributed by atoms with Crippen molar-refractivity contribution in [2.24, 2.45) is 11.7 Å². The zero-order valence-corrected chi connectivity index (χ0v) is 14.0. The Bertz CT molecular complexity index is 667. The summed E-state index contributed by atoms with van der Waals surface area (Å²) in [5.74, 6) is 0.507. The number of aromatic nitrogens is 1. The SMILES string of the molecule is Cc1nc(-c2ccc(Cl)s2)sc1C(=O)N1CC[C@@H](CN)C1. The maximum absolute atomic E-state index is 12.6. The topological polar surface area (TPSA) is 59.2 Å². The maximum atomic E-state index is 12.6. The molecule has 7 heteroatoms. The molecule has 4 nitrogen and oxygen atoms in total. The van der Waals surface area contributed by atoms with Gasteiger partial charge in [0.05, 0.1) is 14.9 Å². The average Bonchev–Trinajstić information content (AvgIpc) is 3.17. The minimum atomic E-state index is 0.0786. The third-order valence-electron chi connectivity index (χ3n) is 3.68. The molecule has 0 unspecified atom stereocenters. The summed E-state index contributed by atoms with van der Waals surface area (Å²) < 4.78 is 0.732. The maximum Gasteiger partial charge on any atom is 0.265 e. The summed E-state index contributed by atoms with van der Waals surface area (Å²) in [5, 5.41) is 0.863. The standard InChI is InChI=1S/C14H16ClN3OS2/c1-8-12(14(19)18-5-4-9(6-16)7-18)21-13(17-8)10-2-3-11(15)20-10/h2-3,9H,4-7,16H2,1H3/t9-/m0/s1. The normalized spacial score (nSPS) is 18.4. The molecule has 3 rings (SSSR count). The second kappa shape index (κ2) is 6.04. The van der Waals surface area contributed by atoms with E-state index >= 15 is 0 Å². The highest BCUT2D eigenvalue weighted by Crippen LogP contribution is 2.35. The van der Waals surface area contributed by atoms with Gasteiger partial charge < -0.3 is 10.6 Å². The van der Waals surface area contributed by atoms with Crippen molar-refractivity contribution in [1.82, 2.24) is 9.88 Å². The molecule has 2 aromatic rings. The smallest absolute Gasteiger partial charge is 0.265 e. The number of aryl methyl sites for hydroxylation is 1. The molecule has 0 radical (unpaired) electrons. The molecule has 0 aliphatic carbocycles. The molecule has 1 amide bonds. The number of thiazole rings is 1. The van der Waals surface area contributed by atoms with Crippen molar-refractivity contribution in [2.75, 3.05) is 19.6 Å². The molecule has 3 heterocycles. The zero-order chi connectivity index (χ0) is 15.0. The molecule has 1 saturated heterocycles. The molecule has 2 aromatic heterocycles. The quantitative estimate of drug-likeness (QED) is 0.932. The summed E-state index contributed by atoms with van der Waals surface area (Å²) in [6.07, 6.45) is 0.994. The van der Waals surface area contributed by atoms with Crippen molar-refractivity contribution in [3.63, 3.8) is 0 Å². The van der Waals surface area contributed by atoms with Crippen LogP contribution in [0.15, 0.2) is 12.1 Å². The van der Waals surface area contributed by atoms with Crippen LogP contribution in [-0.2, 0) is 0 Å². The van der Waals surface area contributed by atoms with Gasteiger partial charge in [-0.1, -0.05) is 11.6 Å². The van der Waals surface area contributed by atoms with Crippen molar-refractivity contribution in [3.05, 3.63) is 27.0 Å². The van der Waals surface area contributed by atoms with Crippen LogP contribution in [0.2, 0.25) is 4.34 Å². The number of nitrogens with zero attached hydrogens (tertiary/aromatic N) is 2. The Kier molecular flexibility index (Phi) is 4.31. The number of thiophene rings is 1. The van der Waals surface area contributed by atoms with Crippen LogP contribution >= 0.6 is 34.3 Å². The first-order valence-electron chi connectivity index (χ1n) is 6.81. The summed E-state index contributed by atoms with van der Waals surface area (Å²) in [4.78, 5) is 20.8. The summed E-state index contributed by atoms with van der Waals surface area (Å²) >= 11 is 8.89. The first kappa shape index (κ1) is 15.0. The van der Waals surface area contributed by atoms with Gasteiger partial charge in [0.25, 0.3) is 5.91 Å². The number of halogens is 1. The minimum Gasteiger partial charge on any atom is -0.338 e. The lowest BCUT2D eigenvalue weighted by molar-refractivity contribution is 0.0791. The van der Waals surface area contributed by atoms with Crippen LogP contribution in [0.25, 0.3) is 9.88 Å². The number of carbonyl (C=O) groups excluding carboxylic acids is 1. The molecule has 1 aliphatic heterocycles. The Morgan fingerprint density at radius 2 is 2.33 bits per heavy atom. The van der Waals surface area contributed by atoms with Crippen LogP contribution in [0.3, 0.4) is 0 Å². The number of nitrogens with two attached hydrogens (primary N) is 1. The van der Waals surface area contributed by atoms with E-state index in [9.17, 15) is 4.79 Å². The summed E-state index contributed by atoms with van der Waals surface area (Å²) in [7, 11) is 0. The van der Waals surface area contributed by atoms with Gasteiger partial charge in [-0.2, -0.15) is 0 Å². The van der Waals surface area contributed by atoms with E-state index in [2.05, 4.69) is 4.98 Å². The zero-order valence-electron chi connectivity index (χ0n) is 11.6. The van der Waals surface area contributed by atoms with E-state index in [1.54, 1.807) is 0 Å². The number of hydrogen-bond acceptors (Lipinski definition) is 5. The largest absolute Gasteiger partial charge is 0.338 e. The molecule has 0 saturated carbocycles. The van der Waals surface area contributed by atoms with Gasteiger partial charge in [0.15, 0.2) is 0 Å². The predicted molar refractivity (Wildman–Crippen MR) is 88.2 cm³/mol. The van der Waals surface area contributed by atoms with Crippen molar-refractivity contribution in [3.8, 4) is 9.88 Å². The third kappa shape index (κ3) is 2.99. The van der Waals surface area contributed by atoms with Gasteiger partial charge in [-0.15, -0.1) is 22.7 Å². The molecule has 0 spiro atoms. The van der Waals surface area contributed by atoms with Crippen LogP contribution < -0.4 is 5.73 Å². The fourth-order valence-corrected chi connectivity index (χ4v) is 4.61. The van der Waals surface area contributed by atoms with E-state index in [4.69, 9.17) is 17.3 Å². The molecule has 1 aliphatic rings. The lowest BCUT2D eigenvalue weighted by atomic mass is 10.1. The molecular formula is C14H16ClN3OS2. The monoisotopic (exact) mass is 341 g/mol. The minimum absolute atomic E-state index is 0.0786. The number of carbonyl (C=O) groups is 1. The summed E-state index contributed by atoms with van der Waals surface area (Å²) in [6.45, 7) is 4.08. The van der Waals surface area contributed by atoms with Gasteiger partial charge in [-0.25, -0.2) is 4.98 Å². The second-order valence-electron chi connectivity index (χ2n) is 5.18. The van der Waals surface area contributed by atoms with Gasteiger partial charge >= 0.3 is 0 Å². The third-order valence-corrected chi connectivity index (χ3v) is 6.23. The number of rotatable bonds is 3. The van der Waals surface area contributed by atoms with Crippen molar-refractivity contribution in [1.29, 1.82) is 0 Å². The fourth-order valence-electron chi connectivity index (χ4n) is 2.48. The van der Waals surface area contributed by atoms with E-state index in [-0.39, 0.29) is 5.91 Å². The van der Waals surface area contributed by atoms with Gasteiger partial charge in [-0.3, -0.25) is 4.79 Å². The molecule has 0 bridgehead atoms. The van der Waals surface area contributed by atoms with Crippen molar-refractivity contribution < 1.29 is 4.79 Å². The number of amides is 1. The summed E-state index contributed by atoms with van der Waals surface area (Å²) in [5.41, 5.74) is 6.48. The van der Waals surface area contributed by atoms with Crippen LogP contribution in [0.1, 0.15) is 21.8 Å². The summed E-state index contributed by atoms with van der Waals surface area (Å²) in [6, 6.07) is 3.80. The second-order valence-corrected chi connectivity index (χ2v) is 7.89. The predicted octanol–water partition coefficient (Wildman–Crippen LogP) is 3.25. The van der Waals surface area contributed by atoms with E-state index < -0.39 is 0 Å². The van der Waals surface area contributed by atoms with Crippen molar-refractivity contribution in [2.45, 2.75) is 13.3 Å². The van der Waals surface area contributed by atoms with Crippen molar-refractivity contribution >= 4 is 40.2 Å². The Morgan fingerprint density at radius 1 is 1.52 bits per heavy atom. The Morgan fingerprint density at radius 3 is 2.95 bits per heavy atom. The van der Waals surface area contributed by atoms with E-state index in [0.29, 0.717) is 12.5 Å². The van der Waals surface area contributed by atoms with E-state index in [1.165, 1.54) is 22.7 Å². The molecule has 1 fully saturated rings. The van der Waals surface area contributed by atoms with Gasteiger partial charge in [-0.05, 0) is 37.9 Å². The molecule has 2 N–H and O–H groups in total. The molecule has 0 aromatic carbocycles. The molecular weight excluding hydrogens is 326 g/mol. The number of hydrogen-bond donors (Lipinski definition) is 1. The van der Waals surface area contributed by atoms with Crippen LogP contribution in [0.4, 0.5) is 0 Å². The van der Waals surface area contributed by atoms with Crippen LogP contribution in [0.5, 0.6) is 0 Å². The Labute approximate surface area is 136 Å². The lowest BCUT2D eigenvalue weighted by Gasteiger charge is -2.15. The molecule has 1 atom stereocenters. The van der Waals surface area contributed by atoms with Gasteiger partial charge in [0.1, 0.15) is 9.88 Å². The lowest BCUT2D eigenvalue weighted by Crippen LogP contribution is -2.29. The molecule has 112 valence electrons. The first-order chi connectivity index (χ1) is 10.1. The van der Waals surface area contributed by atoms with Gasteiger partial charge in [0, 0.05) is 13.1 Å². The van der Waals surface area contributed by atoms with E-state index in [1.807, 2.05) is 24.0 Å². The van der Waals surface area contributed by atoms with E-state index in [0.717, 1.165) is 44.3 Å².